The van der Waals surface area contributed by atoms with Crippen molar-refractivity contribution in [2.45, 2.75) is 330 Å². The lowest BCUT2D eigenvalue weighted by Crippen LogP contribution is -2.83. The molecule has 6 heteroatoms. The van der Waals surface area contributed by atoms with Gasteiger partial charge in [-0.1, -0.05) is 192 Å². The Balaban J connectivity index is 2.20. The van der Waals surface area contributed by atoms with E-state index in [0.717, 1.165) is 64.2 Å². The molecule has 6 nitrogen and oxygen atoms in total. The van der Waals surface area contributed by atoms with Crippen LogP contribution in [0.25, 0.3) is 0 Å². The van der Waals surface area contributed by atoms with Gasteiger partial charge in [0, 0.05) is 71.8 Å². The van der Waals surface area contributed by atoms with E-state index in [9.17, 15) is 9.59 Å². The maximum absolute atomic E-state index is 13.9. The third kappa shape index (κ3) is 11.3. The standard InChI is InChI=1S/C60H116N2O4/c1-47(2,3)57(48(4,5)6)39-43(40-58(49(7,8)9,50(10,11)12)61(57)55(25,26)27)65-45(63)37-35-33-31-32-34-36-38-46(64)66-44-41-59(51(13,14)15,52(16,17)18)62(56(28,29)30)60(42-44,53(19,20)21)54(22,23)24/h43-44H,31-42H2,1-30H3. The number of nitrogens with zero attached hydrogens (tertiary/aromatic N) is 2. The molecule has 0 bridgehead atoms. The summed E-state index contributed by atoms with van der Waals surface area (Å²) in [6.45, 7) is 72.2. The van der Waals surface area contributed by atoms with Crippen molar-refractivity contribution >= 4 is 11.9 Å². The summed E-state index contributed by atoms with van der Waals surface area (Å²) >= 11 is 0. The van der Waals surface area contributed by atoms with Crippen LogP contribution in [0, 0.1) is 43.3 Å². The Morgan fingerprint density at radius 1 is 0.333 bits per heavy atom. The van der Waals surface area contributed by atoms with E-state index in [0.29, 0.717) is 12.8 Å². The van der Waals surface area contributed by atoms with Gasteiger partial charge in [-0.25, -0.2) is 0 Å². The first kappa shape index (κ1) is 61.0. The SMILES string of the molecule is CC(C)(C)N1C(C(C)(C)C)(C(C)(C)C)CC(OC(=O)CCCCCCCCC(=O)OC2CC(C(C)(C)C)(C(C)(C)C)N(C(C)(C)C)C(C(C)(C)C)(C(C)(C)C)C2)CC1(C(C)(C)C)C(C)(C)C. The molecule has 0 N–H and O–H groups in total. The van der Waals surface area contributed by atoms with E-state index in [2.05, 4.69) is 218 Å². The number of ether oxygens (including phenoxy) is 2. The summed E-state index contributed by atoms with van der Waals surface area (Å²) in [5, 5.41) is 0. The normalized spacial score (nSPS) is 21.5. The Labute approximate surface area is 412 Å². The van der Waals surface area contributed by atoms with Crippen LogP contribution in [0.5, 0.6) is 0 Å². The van der Waals surface area contributed by atoms with E-state index < -0.39 is 0 Å². The topological polar surface area (TPSA) is 59.1 Å². The summed E-state index contributed by atoms with van der Waals surface area (Å²) in [7, 11) is 0. The molecule has 0 amide bonds. The fourth-order valence-corrected chi connectivity index (χ4v) is 16.3. The molecule has 0 aromatic carbocycles. The summed E-state index contributed by atoms with van der Waals surface area (Å²) in [6.07, 6.45) is 9.55. The first-order valence-corrected chi connectivity index (χ1v) is 26.9. The molecule has 0 aliphatic carbocycles. The highest BCUT2D eigenvalue weighted by molar-refractivity contribution is 5.70. The summed E-state index contributed by atoms with van der Waals surface area (Å²) < 4.78 is 13.4. The van der Waals surface area contributed by atoms with Gasteiger partial charge in [-0.3, -0.25) is 19.4 Å². The quantitative estimate of drug-likeness (QED) is 0.152. The molecule has 0 aromatic heterocycles. The van der Waals surface area contributed by atoms with Crippen LogP contribution in [-0.4, -0.2) is 67.2 Å². The zero-order chi connectivity index (χ0) is 52.4. The van der Waals surface area contributed by atoms with Crippen LogP contribution in [0.15, 0.2) is 0 Å². The van der Waals surface area contributed by atoms with Crippen LogP contribution in [0.2, 0.25) is 0 Å². The number of rotatable bonds is 11. The molecule has 0 saturated carbocycles. The van der Waals surface area contributed by atoms with E-state index in [1.165, 1.54) is 0 Å². The highest BCUT2D eigenvalue weighted by Crippen LogP contribution is 2.68. The van der Waals surface area contributed by atoms with E-state index in [-0.39, 0.29) is 101 Å². The van der Waals surface area contributed by atoms with Gasteiger partial charge in [0.1, 0.15) is 12.2 Å². The van der Waals surface area contributed by atoms with Crippen molar-refractivity contribution in [1.29, 1.82) is 0 Å². The highest BCUT2D eigenvalue weighted by Gasteiger charge is 2.73. The Bertz CT molecular complexity index is 1350. The van der Waals surface area contributed by atoms with Gasteiger partial charge in [0.15, 0.2) is 0 Å². The van der Waals surface area contributed by atoms with Crippen molar-refractivity contribution in [3.63, 3.8) is 0 Å². The van der Waals surface area contributed by atoms with Crippen LogP contribution in [0.4, 0.5) is 0 Å². The van der Waals surface area contributed by atoms with Crippen molar-refractivity contribution in [2.75, 3.05) is 0 Å². The van der Waals surface area contributed by atoms with E-state index in [1.807, 2.05) is 0 Å². The first-order chi connectivity index (χ1) is 28.9. The third-order valence-corrected chi connectivity index (χ3v) is 17.5. The summed E-state index contributed by atoms with van der Waals surface area (Å²) in [4.78, 5) is 33.6. The zero-order valence-corrected chi connectivity index (χ0v) is 50.2. The lowest BCUT2D eigenvalue weighted by Gasteiger charge is -2.76. The van der Waals surface area contributed by atoms with Crippen LogP contribution in [0.3, 0.4) is 0 Å². The molecule has 0 spiro atoms. The van der Waals surface area contributed by atoms with Crippen molar-refractivity contribution in [2.24, 2.45) is 43.3 Å². The molecule has 2 fully saturated rings. The fourth-order valence-electron chi connectivity index (χ4n) is 16.3. The summed E-state index contributed by atoms with van der Waals surface area (Å²) in [6, 6.07) is 0. The van der Waals surface area contributed by atoms with E-state index in [1.54, 1.807) is 0 Å². The number of likely N-dealkylation sites (tertiary alicyclic amines) is 2. The van der Waals surface area contributed by atoms with Gasteiger partial charge in [-0.2, -0.15) is 0 Å². The number of unbranched alkanes of at least 4 members (excludes halogenated alkanes) is 5. The van der Waals surface area contributed by atoms with E-state index >= 15 is 0 Å². The number of hydrogen-bond donors (Lipinski definition) is 0. The van der Waals surface area contributed by atoms with Crippen molar-refractivity contribution < 1.29 is 19.1 Å². The van der Waals surface area contributed by atoms with E-state index in [4.69, 9.17) is 9.47 Å². The van der Waals surface area contributed by atoms with Gasteiger partial charge in [-0.15, -0.1) is 0 Å². The largest absolute Gasteiger partial charge is 0.462 e. The molecule has 0 radical (unpaired) electrons. The monoisotopic (exact) mass is 929 g/mol. The second kappa shape index (κ2) is 19.1. The molecule has 66 heavy (non-hydrogen) atoms. The average Bonchev–Trinajstić information content (AvgIpc) is 3.03. The lowest BCUT2D eigenvalue weighted by atomic mass is 9.46. The average molecular weight is 930 g/mol. The van der Waals surface area contributed by atoms with Crippen molar-refractivity contribution in [3.8, 4) is 0 Å². The summed E-state index contributed by atoms with van der Waals surface area (Å²) in [5.74, 6) is -0.116. The second-order valence-electron chi connectivity index (χ2n) is 32.1. The maximum atomic E-state index is 13.9. The number of piperidine rings is 2. The van der Waals surface area contributed by atoms with Gasteiger partial charge in [0.2, 0.25) is 0 Å². The molecule has 390 valence electrons. The molecular weight excluding hydrogens is 813 g/mol. The highest BCUT2D eigenvalue weighted by atomic mass is 16.5. The minimum Gasteiger partial charge on any atom is -0.462 e. The van der Waals surface area contributed by atoms with Gasteiger partial charge >= 0.3 is 11.9 Å². The number of carbonyl (C=O) groups is 2. The van der Waals surface area contributed by atoms with Crippen LogP contribution in [-0.2, 0) is 19.1 Å². The Morgan fingerprint density at radius 2 is 0.500 bits per heavy atom. The van der Waals surface area contributed by atoms with Crippen molar-refractivity contribution in [3.05, 3.63) is 0 Å². The zero-order valence-electron chi connectivity index (χ0n) is 50.2. The molecule has 2 heterocycles. The molecular formula is C60H116N2O4. The second-order valence-corrected chi connectivity index (χ2v) is 32.1. The first-order valence-electron chi connectivity index (χ1n) is 26.9. The van der Waals surface area contributed by atoms with Gasteiger partial charge in [-0.05, 0) is 97.7 Å². The van der Waals surface area contributed by atoms with Crippen LogP contribution < -0.4 is 0 Å². The fraction of sp³-hybridized carbons (Fsp3) is 0.967. The minimum atomic E-state index is -0.259. The lowest BCUT2D eigenvalue weighted by molar-refractivity contribution is -0.282. The Kier molecular flexibility index (Phi) is 17.7. The van der Waals surface area contributed by atoms with Crippen LogP contribution >= 0.6 is 0 Å². The Morgan fingerprint density at radius 3 is 0.652 bits per heavy atom. The number of esters is 2. The maximum Gasteiger partial charge on any atom is 0.306 e. The van der Waals surface area contributed by atoms with Crippen molar-refractivity contribution in [1.82, 2.24) is 9.80 Å². The molecule has 2 aliphatic rings. The molecule has 2 aliphatic heterocycles. The van der Waals surface area contributed by atoms with Gasteiger partial charge in [0.25, 0.3) is 0 Å². The van der Waals surface area contributed by atoms with Crippen LogP contribution in [0.1, 0.15) is 285 Å². The predicted molar refractivity (Wildman–Crippen MR) is 285 cm³/mol. The predicted octanol–water partition coefficient (Wildman–Crippen LogP) is 17.0. The molecule has 0 atom stereocenters. The molecule has 0 unspecified atom stereocenters. The molecule has 0 aromatic rings. The molecule has 2 rings (SSSR count). The van der Waals surface area contributed by atoms with Gasteiger partial charge < -0.3 is 9.47 Å². The number of hydrogen-bond acceptors (Lipinski definition) is 6. The van der Waals surface area contributed by atoms with Gasteiger partial charge in [0.05, 0.1) is 0 Å². The summed E-state index contributed by atoms with van der Waals surface area (Å²) in [5.41, 5.74) is -2.06. The third-order valence-electron chi connectivity index (χ3n) is 17.5. The minimum absolute atomic E-state index is 0.0578. The number of carbonyl (C=O) groups excluding carboxylic acids is 2. The Hall–Kier alpha value is -1.14. The smallest absolute Gasteiger partial charge is 0.306 e. The molecule has 2 saturated heterocycles.